The molecule has 2 nitrogen and oxygen atoms in total. The maximum atomic E-state index is 12.5. The molecule has 1 N–H and O–H groups in total. The van der Waals surface area contributed by atoms with E-state index in [4.69, 9.17) is 0 Å². The first-order valence-corrected chi connectivity index (χ1v) is 4.81. The fourth-order valence-electron chi connectivity index (χ4n) is 1.33. The Morgan fingerprint density at radius 3 is 2.40 bits per heavy atom. The minimum Gasteiger partial charge on any atom is -0.348 e. The predicted molar refractivity (Wildman–Crippen MR) is 45.9 cm³/mol. The normalized spacial score (nSPS) is 19.1. The van der Waals surface area contributed by atoms with E-state index in [9.17, 15) is 22.4 Å². The number of hydrogen-bond donors (Lipinski definition) is 1. The topological polar surface area (TPSA) is 29.1 Å². The summed E-state index contributed by atoms with van der Waals surface area (Å²) in [6.45, 7) is 1.54. The second kappa shape index (κ2) is 4.37. The number of rotatable bonds is 5. The van der Waals surface area contributed by atoms with E-state index in [0.29, 0.717) is 12.3 Å². The molecule has 1 aliphatic rings. The quantitative estimate of drug-likeness (QED) is 0.717. The average Bonchev–Trinajstić information content (AvgIpc) is 2.87. The summed E-state index contributed by atoms with van der Waals surface area (Å²) in [5.74, 6) is -6.02. The van der Waals surface area contributed by atoms with Crippen LogP contribution in [0, 0.1) is 5.92 Å². The zero-order chi connectivity index (χ0) is 11.6. The molecule has 88 valence electrons. The first-order valence-electron chi connectivity index (χ1n) is 4.81. The minimum absolute atomic E-state index is 0.445. The summed E-state index contributed by atoms with van der Waals surface area (Å²) in [4.78, 5) is 10.8. The molecule has 1 aliphatic carbocycles. The van der Waals surface area contributed by atoms with Gasteiger partial charge in [0.1, 0.15) is 0 Å². The molecule has 0 aromatic carbocycles. The smallest absolute Gasteiger partial charge is 0.348 e. The molecular weight excluding hydrogens is 214 g/mol. The average molecular weight is 227 g/mol. The van der Waals surface area contributed by atoms with Crippen molar-refractivity contribution in [1.29, 1.82) is 0 Å². The van der Waals surface area contributed by atoms with Crippen LogP contribution in [-0.2, 0) is 4.79 Å². The van der Waals surface area contributed by atoms with Crippen LogP contribution >= 0.6 is 0 Å². The van der Waals surface area contributed by atoms with Crippen molar-refractivity contribution in [2.75, 3.05) is 0 Å². The Hall–Kier alpha value is -0.810. The maximum Gasteiger partial charge on any atom is 0.383 e. The van der Waals surface area contributed by atoms with Gasteiger partial charge in [-0.15, -0.1) is 0 Å². The standard InChI is InChI=1S/C9H13F4NO/c1-5(4-6-2-3-6)14-8(15)9(12,13)7(10)11/h5-7H,2-4H2,1H3,(H,14,15). The number of carbonyl (C=O) groups excluding carboxylic acids is 1. The molecule has 0 aromatic rings. The predicted octanol–water partition coefficient (Wildman–Crippen LogP) is 2.19. The van der Waals surface area contributed by atoms with E-state index in [-0.39, 0.29) is 0 Å². The van der Waals surface area contributed by atoms with Gasteiger partial charge in [0.05, 0.1) is 0 Å². The maximum absolute atomic E-state index is 12.5. The highest BCUT2D eigenvalue weighted by atomic mass is 19.3. The first-order chi connectivity index (χ1) is 6.84. The lowest BCUT2D eigenvalue weighted by atomic mass is 10.1. The fraction of sp³-hybridized carbons (Fsp3) is 0.889. The molecule has 0 radical (unpaired) electrons. The van der Waals surface area contributed by atoms with Gasteiger partial charge in [-0.2, -0.15) is 8.78 Å². The second-order valence-corrected chi connectivity index (χ2v) is 3.98. The van der Waals surface area contributed by atoms with Gasteiger partial charge in [0.15, 0.2) is 0 Å². The Bertz CT molecular complexity index is 240. The van der Waals surface area contributed by atoms with E-state index in [1.165, 1.54) is 6.92 Å². The molecule has 6 heteroatoms. The minimum atomic E-state index is -4.59. The summed E-state index contributed by atoms with van der Waals surface area (Å²) in [6.07, 6.45) is -1.34. The third-order valence-corrected chi connectivity index (χ3v) is 2.34. The summed E-state index contributed by atoms with van der Waals surface area (Å²) in [7, 11) is 0. The molecule has 1 atom stereocenters. The molecular formula is C9H13F4NO. The van der Waals surface area contributed by atoms with Crippen LogP contribution < -0.4 is 5.32 Å². The van der Waals surface area contributed by atoms with Gasteiger partial charge in [-0.1, -0.05) is 12.8 Å². The highest BCUT2D eigenvalue weighted by Gasteiger charge is 2.49. The SMILES string of the molecule is CC(CC1CC1)NC(=O)C(F)(F)C(F)F. The molecule has 0 aliphatic heterocycles. The lowest BCUT2D eigenvalue weighted by Gasteiger charge is -2.18. The molecule has 1 amide bonds. The van der Waals surface area contributed by atoms with Crippen LogP contribution in [0.25, 0.3) is 0 Å². The van der Waals surface area contributed by atoms with Crippen LogP contribution in [0.1, 0.15) is 26.2 Å². The van der Waals surface area contributed by atoms with Crippen LogP contribution in [0.5, 0.6) is 0 Å². The van der Waals surface area contributed by atoms with Crippen molar-refractivity contribution < 1.29 is 22.4 Å². The van der Waals surface area contributed by atoms with Crippen LogP contribution in [0.4, 0.5) is 17.6 Å². The van der Waals surface area contributed by atoms with E-state index < -0.39 is 24.3 Å². The second-order valence-electron chi connectivity index (χ2n) is 3.98. The van der Waals surface area contributed by atoms with Crippen molar-refractivity contribution >= 4 is 5.91 Å². The molecule has 0 saturated heterocycles. The monoisotopic (exact) mass is 227 g/mol. The number of amides is 1. The molecule has 0 bridgehead atoms. The molecule has 0 aromatic heterocycles. The van der Waals surface area contributed by atoms with Crippen LogP contribution in [0.3, 0.4) is 0 Å². The zero-order valence-electron chi connectivity index (χ0n) is 8.27. The Labute approximate surface area is 85.0 Å². The van der Waals surface area contributed by atoms with Gasteiger partial charge in [-0.3, -0.25) is 4.79 Å². The third kappa shape index (κ3) is 3.35. The van der Waals surface area contributed by atoms with Gasteiger partial charge in [-0.05, 0) is 19.3 Å². The molecule has 0 spiro atoms. The number of carbonyl (C=O) groups is 1. The molecule has 1 unspecified atom stereocenters. The van der Waals surface area contributed by atoms with Crippen LogP contribution in [-0.4, -0.2) is 24.3 Å². The molecule has 1 fully saturated rings. The molecule has 1 rings (SSSR count). The van der Waals surface area contributed by atoms with Crippen molar-refractivity contribution in [3.63, 3.8) is 0 Å². The van der Waals surface area contributed by atoms with E-state index in [0.717, 1.165) is 12.8 Å². The van der Waals surface area contributed by atoms with Crippen molar-refractivity contribution in [3.05, 3.63) is 0 Å². The van der Waals surface area contributed by atoms with Gasteiger partial charge in [-0.25, -0.2) is 8.78 Å². The van der Waals surface area contributed by atoms with E-state index in [2.05, 4.69) is 0 Å². The summed E-state index contributed by atoms with van der Waals surface area (Å²) >= 11 is 0. The van der Waals surface area contributed by atoms with Gasteiger partial charge in [0, 0.05) is 6.04 Å². The summed E-state index contributed by atoms with van der Waals surface area (Å²) in [6, 6.07) is -0.477. The van der Waals surface area contributed by atoms with Gasteiger partial charge in [0.25, 0.3) is 5.91 Å². The van der Waals surface area contributed by atoms with E-state index >= 15 is 0 Å². The Balaban J connectivity index is 2.38. The van der Waals surface area contributed by atoms with E-state index in [1.54, 1.807) is 0 Å². The number of alkyl halides is 4. The molecule has 0 heterocycles. The molecule has 15 heavy (non-hydrogen) atoms. The largest absolute Gasteiger partial charge is 0.383 e. The Morgan fingerprint density at radius 2 is 2.00 bits per heavy atom. The highest BCUT2D eigenvalue weighted by Crippen LogP contribution is 2.33. The number of hydrogen-bond acceptors (Lipinski definition) is 1. The highest BCUT2D eigenvalue weighted by molar-refractivity contribution is 5.84. The van der Waals surface area contributed by atoms with Gasteiger partial charge < -0.3 is 5.32 Å². The lowest BCUT2D eigenvalue weighted by molar-refractivity contribution is -0.170. The van der Waals surface area contributed by atoms with Crippen molar-refractivity contribution in [2.45, 2.75) is 44.6 Å². The van der Waals surface area contributed by atoms with Crippen LogP contribution in [0.15, 0.2) is 0 Å². The van der Waals surface area contributed by atoms with Gasteiger partial charge in [0.2, 0.25) is 0 Å². The number of nitrogens with one attached hydrogen (secondary N) is 1. The van der Waals surface area contributed by atoms with Crippen molar-refractivity contribution in [1.82, 2.24) is 5.32 Å². The zero-order valence-corrected chi connectivity index (χ0v) is 8.27. The third-order valence-electron chi connectivity index (χ3n) is 2.34. The molecule has 1 saturated carbocycles. The Kier molecular flexibility index (Phi) is 3.57. The lowest BCUT2D eigenvalue weighted by Crippen LogP contribution is -2.48. The van der Waals surface area contributed by atoms with Gasteiger partial charge >= 0.3 is 12.3 Å². The number of halogens is 4. The van der Waals surface area contributed by atoms with E-state index in [1.807, 2.05) is 5.32 Å². The van der Waals surface area contributed by atoms with Crippen LogP contribution in [0.2, 0.25) is 0 Å². The van der Waals surface area contributed by atoms with Crippen molar-refractivity contribution in [3.8, 4) is 0 Å². The summed E-state index contributed by atoms with van der Waals surface area (Å²) in [5, 5.41) is 1.90. The summed E-state index contributed by atoms with van der Waals surface area (Å²) in [5.41, 5.74) is 0. The van der Waals surface area contributed by atoms with Crippen molar-refractivity contribution in [2.24, 2.45) is 5.92 Å². The fourth-order valence-corrected chi connectivity index (χ4v) is 1.33. The summed E-state index contributed by atoms with van der Waals surface area (Å²) < 4.78 is 48.5. The Morgan fingerprint density at radius 1 is 1.47 bits per heavy atom. The first kappa shape index (κ1) is 12.3.